The van der Waals surface area contributed by atoms with Gasteiger partial charge in [0.2, 0.25) is 5.91 Å². The lowest BCUT2D eigenvalue weighted by molar-refractivity contribution is -0.138. The number of carbonyl (C=O) groups is 1. The van der Waals surface area contributed by atoms with Crippen LogP contribution in [0.15, 0.2) is 18.2 Å². The van der Waals surface area contributed by atoms with E-state index in [-0.39, 0.29) is 17.7 Å². The number of benzene rings is 1. The molecule has 0 aliphatic carbocycles. The molecule has 1 rings (SSSR count). The third-order valence-electron chi connectivity index (χ3n) is 2.07. The van der Waals surface area contributed by atoms with Crippen molar-refractivity contribution in [3.63, 3.8) is 0 Å². The lowest BCUT2D eigenvalue weighted by atomic mass is 10.0. The highest BCUT2D eigenvalue weighted by atomic mass is 19.4. The predicted molar refractivity (Wildman–Crippen MR) is 52.7 cm³/mol. The standard InChI is InChI=1S/C10H11F3N2O/c1-15-5-7-3-2-6(9(14)16)4-8(7)10(11,12)13/h2-4,15H,5H2,1H3,(H2,14,16). The Morgan fingerprint density at radius 3 is 2.50 bits per heavy atom. The van der Waals surface area contributed by atoms with Crippen molar-refractivity contribution in [2.45, 2.75) is 12.7 Å². The molecule has 3 N–H and O–H groups in total. The van der Waals surface area contributed by atoms with Gasteiger partial charge in [0.05, 0.1) is 5.56 Å². The van der Waals surface area contributed by atoms with E-state index in [4.69, 9.17) is 5.73 Å². The van der Waals surface area contributed by atoms with Crippen LogP contribution in [0.5, 0.6) is 0 Å². The summed E-state index contributed by atoms with van der Waals surface area (Å²) in [4.78, 5) is 10.8. The molecule has 3 nitrogen and oxygen atoms in total. The van der Waals surface area contributed by atoms with Crippen LogP contribution in [0.3, 0.4) is 0 Å². The third-order valence-corrected chi connectivity index (χ3v) is 2.07. The molecule has 1 amide bonds. The van der Waals surface area contributed by atoms with Crippen molar-refractivity contribution in [3.8, 4) is 0 Å². The van der Waals surface area contributed by atoms with Crippen LogP contribution in [0.25, 0.3) is 0 Å². The van der Waals surface area contributed by atoms with E-state index in [0.717, 1.165) is 6.07 Å². The minimum atomic E-state index is -4.49. The molecular formula is C10H11F3N2O. The Balaban J connectivity index is 3.27. The number of hydrogen-bond acceptors (Lipinski definition) is 2. The van der Waals surface area contributed by atoms with Gasteiger partial charge in [0.1, 0.15) is 0 Å². The van der Waals surface area contributed by atoms with Crippen LogP contribution in [0, 0.1) is 0 Å². The molecule has 88 valence electrons. The minimum Gasteiger partial charge on any atom is -0.366 e. The van der Waals surface area contributed by atoms with E-state index in [9.17, 15) is 18.0 Å². The maximum absolute atomic E-state index is 12.6. The second kappa shape index (κ2) is 4.52. The van der Waals surface area contributed by atoms with Gasteiger partial charge in [-0.05, 0) is 24.7 Å². The molecule has 6 heteroatoms. The van der Waals surface area contributed by atoms with Gasteiger partial charge in [0.15, 0.2) is 0 Å². The molecule has 0 heterocycles. The summed E-state index contributed by atoms with van der Waals surface area (Å²) in [5.74, 6) is -0.874. The summed E-state index contributed by atoms with van der Waals surface area (Å²) in [5, 5.41) is 2.63. The molecule has 0 unspecified atom stereocenters. The van der Waals surface area contributed by atoms with Gasteiger partial charge < -0.3 is 11.1 Å². The molecule has 1 aromatic rings. The molecule has 1 aromatic carbocycles. The molecule has 0 aliphatic heterocycles. The van der Waals surface area contributed by atoms with E-state index in [1.54, 1.807) is 7.05 Å². The number of rotatable bonds is 3. The number of primary amides is 1. The van der Waals surface area contributed by atoms with Crippen LogP contribution in [-0.2, 0) is 12.7 Å². The van der Waals surface area contributed by atoms with Crippen molar-refractivity contribution in [2.75, 3.05) is 7.05 Å². The van der Waals surface area contributed by atoms with Crippen molar-refractivity contribution in [2.24, 2.45) is 5.73 Å². The van der Waals surface area contributed by atoms with Gasteiger partial charge in [-0.2, -0.15) is 13.2 Å². The number of nitrogens with one attached hydrogen (secondary N) is 1. The Kier molecular flexibility index (Phi) is 3.54. The highest BCUT2D eigenvalue weighted by molar-refractivity contribution is 5.93. The Bertz CT molecular complexity index is 402. The van der Waals surface area contributed by atoms with E-state index in [1.807, 2.05) is 0 Å². The zero-order valence-electron chi connectivity index (χ0n) is 8.56. The Morgan fingerprint density at radius 2 is 2.06 bits per heavy atom. The number of carbonyl (C=O) groups excluding carboxylic acids is 1. The smallest absolute Gasteiger partial charge is 0.366 e. The summed E-state index contributed by atoms with van der Waals surface area (Å²) in [7, 11) is 1.54. The first-order valence-electron chi connectivity index (χ1n) is 4.50. The first-order valence-corrected chi connectivity index (χ1v) is 4.50. The van der Waals surface area contributed by atoms with Crippen molar-refractivity contribution in [1.29, 1.82) is 0 Å². The summed E-state index contributed by atoms with van der Waals surface area (Å²) < 4.78 is 37.9. The molecular weight excluding hydrogens is 221 g/mol. The molecule has 0 saturated carbocycles. The summed E-state index contributed by atoms with van der Waals surface area (Å²) in [6.07, 6.45) is -4.49. The fourth-order valence-electron chi connectivity index (χ4n) is 1.34. The first-order chi connectivity index (χ1) is 7.36. The van der Waals surface area contributed by atoms with E-state index >= 15 is 0 Å². The average molecular weight is 232 g/mol. The van der Waals surface area contributed by atoms with Crippen LogP contribution < -0.4 is 11.1 Å². The van der Waals surface area contributed by atoms with Crippen molar-refractivity contribution >= 4 is 5.91 Å². The van der Waals surface area contributed by atoms with Crippen LogP contribution >= 0.6 is 0 Å². The van der Waals surface area contributed by atoms with Crippen LogP contribution in [0.1, 0.15) is 21.5 Å². The number of amides is 1. The zero-order valence-corrected chi connectivity index (χ0v) is 8.56. The molecule has 0 aromatic heterocycles. The van der Waals surface area contributed by atoms with Gasteiger partial charge in [-0.3, -0.25) is 4.79 Å². The summed E-state index contributed by atoms with van der Waals surface area (Å²) in [6, 6.07) is 3.30. The molecule has 0 aliphatic rings. The fourth-order valence-corrected chi connectivity index (χ4v) is 1.34. The normalized spacial score (nSPS) is 11.5. The number of nitrogens with two attached hydrogens (primary N) is 1. The molecule has 0 spiro atoms. The second-order valence-corrected chi connectivity index (χ2v) is 3.26. The van der Waals surface area contributed by atoms with Gasteiger partial charge in [0.25, 0.3) is 0 Å². The lowest BCUT2D eigenvalue weighted by Gasteiger charge is -2.13. The van der Waals surface area contributed by atoms with Crippen LogP contribution in [0.4, 0.5) is 13.2 Å². The third kappa shape index (κ3) is 2.73. The van der Waals surface area contributed by atoms with E-state index in [1.165, 1.54) is 12.1 Å². The first kappa shape index (κ1) is 12.5. The highest BCUT2D eigenvalue weighted by Gasteiger charge is 2.33. The maximum atomic E-state index is 12.6. The van der Waals surface area contributed by atoms with Gasteiger partial charge in [-0.15, -0.1) is 0 Å². The van der Waals surface area contributed by atoms with Crippen LogP contribution in [-0.4, -0.2) is 13.0 Å². The quantitative estimate of drug-likeness (QED) is 0.830. The van der Waals surface area contributed by atoms with E-state index < -0.39 is 17.6 Å². The second-order valence-electron chi connectivity index (χ2n) is 3.26. The number of halogens is 3. The molecule has 0 radical (unpaired) electrons. The minimum absolute atomic E-state index is 0.0773. The van der Waals surface area contributed by atoms with E-state index in [2.05, 4.69) is 5.32 Å². The Labute approximate surface area is 90.4 Å². The van der Waals surface area contributed by atoms with Gasteiger partial charge in [-0.1, -0.05) is 6.07 Å². The van der Waals surface area contributed by atoms with Crippen LogP contribution in [0.2, 0.25) is 0 Å². The fraction of sp³-hybridized carbons (Fsp3) is 0.300. The maximum Gasteiger partial charge on any atom is 0.416 e. The molecule has 16 heavy (non-hydrogen) atoms. The number of alkyl halides is 3. The van der Waals surface area contributed by atoms with Crippen molar-refractivity contribution < 1.29 is 18.0 Å². The predicted octanol–water partition coefficient (Wildman–Crippen LogP) is 1.52. The largest absolute Gasteiger partial charge is 0.416 e. The highest BCUT2D eigenvalue weighted by Crippen LogP contribution is 2.32. The lowest BCUT2D eigenvalue weighted by Crippen LogP contribution is -2.17. The monoisotopic (exact) mass is 232 g/mol. The summed E-state index contributed by atoms with van der Waals surface area (Å²) in [6.45, 7) is 0.0773. The van der Waals surface area contributed by atoms with Gasteiger partial charge in [-0.25, -0.2) is 0 Å². The topological polar surface area (TPSA) is 55.1 Å². The van der Waals surface area contributed by atoms with Gasteiger partial charge >= 0.3 is 6.18 Å². The average Bonchev–Trinajstić information content (AvgIpc) is 2.16. The van der Waals surface area contributed by atoms with Crippen molar-refractivity contribution in [1.82, 2.24) is 5.32 Å². The van der Waals surface area contributed by atoms with Crippen molar-refractivity contribution in [3.05, 3.63) is 34.9 Å². The Hall–Kier alpha value is -1.56. The summed E-state index contributed by atoms with van der Waals surface area (Å²) in [5.41, 5.74) is 4.03. The number of hydrogen-bond donors (Lipinski definition) is 2. The molecule has 0 saturated heterocycles. The van der Waals surface area contributed by atoms with E-state index in [0.29, 0.717) is 0 Å². The Morgan fingerprint density at radius 1 is 1.44 bits per heavy atom. The molecule has 0 bridgehead atoms. The zero-order chi connectivity index (χ0) is 12.3. The molecule has 0 fully saturated rings. The summed E-state index contributed by atoms with van der Waals surface area (Å²) >= 11 is 0. The molecule has 0 atom stereocenters. The van der Waals surface area contributed by atoms with Gasteiger partial charge in [0, 0.05) is 12.1 Å². The SMILES string of the molecule is CNCc1ccc(C(N)=O)cc1C(F)(F)F.